The Morgan fingerprint density at radius 1 is 1.37 bits per heavy atom. The van der Waals surface area contributed by atoms with E-state index in [1.54, 1.807) is 35.7 Å². The van der Waals surface area contributed by atoms with Gasteiger partial charge < -0.3 is 10.5 Å². The van der Waals surface area contributed by atoms with Crippen molar-refractivity contribution in [3.8, 4) is 5.75 Å². The van der Waals surface area contributed by atoms with Crippen LogP contribution < -0.4 is 15.2 Å². The van der Waals surface area contributed by atoms with Crippen LogP contribution in [0.1, 0.15) is 4.88 Å². The number of hydrogen-bond acceptors (Lipinski definition) is 5. The first-order valence-electron chi connectivity index (χ1n) is 5.49. The highest BCUT2D eigenvalue weighted by Gasteiger charge is 2.16. The van der Waals surface area contributed by atoms with Gasteiger partial charge in [0, 0.05) is 22.9 Å². The van der Waals surface area contributed by atoms with Crippen LogP contribution in [0.3, 0.4) is 0 Å². The quantitative estimate of drug-likeness (QED) is 0.885. The van der Waals surface area contributed by atoms with E-state index in [0.717, 1.165) is 4.88 Å². The first kappa shape index (κ1) is 13.9. The Kier molecular flexibility index (Phi) is 4.08. The molecule has 0 aliphatic rings. The van der Waals surface area contributed by atoms with Crippen LogP contribution in [0.4, 0.5) is 5.69 Å². The van der Waals surface area contributed by atoms with E-state index in [2.05, 4.69) is 4.72 Å². The topological polar surface area (TPSA) is 81.4 Å². The lowest BCUT2D eigenvalue weighted by Crippen LogP contribution is -2.12. The van der Waals surface area contributed by atoms with Crippen LogP contribution in [0, 0.1) is 0 Å². The molecule has 102 valence electrons. The minimum Gasteiger partial charge on any atom is -0.497 e. The molecular formula is C12H14N2O3S2. The molecule has 0 spiro atoms. The lowest BCUT2D eigenvalue weighted by atomic mass is 10.3. The molecule has 19 heavy (non-hydrogen) atoms. The monoisotopic (exact) mass is 298 g/mol. The van der Waals surface area contributed by atoms with Crippen molar-refractivity contribution < 1.29 is 13.2 Å². The van der Waals surface area contributed by atoms with Gasteiger partial charge in [0.25, 0.3) is 10.0 Å². The number of hydrogen-bond donors (Lipinski definition) is 2. The SMILES string of the molecule is COc1cccc(NS(=O)(=O)c2csc(CN)c2)c1. The summed E-state index contributed by atoms with van der Waals surface area (Å²) in [5, 5.41) is 1.57. The maximum atomic E-state index is 12.1. The number of sulfonamides is 1. The zero-order valence-corrected chi connectivity index (χ0v) is 11.9. The lowest BCUT2D eigenvalue weighted by Gasteiger charge is -2.07. The maximum Gasteiger partial charge on any atom is 0.262 e. The molecule has 0 unspecified atom stereocenters. The third kappa shape index (κ3) is 3.25. The Balaban J connectivity index is 2.25. The molecule has 2 rings (SSSR count). The van der Waals surface area contributed by atoms with Gasteiger partial charge in [-0.15, -0.1) is 11.3 Å². The van der Waals surface area contributed by atoms with Gasteiger partial charge in [0.05, 0.1) is 17.7 Å². The van der Waals surface area contributed by atoms with Crippen LogP contribution in [0.5, 0.6) is 5.75 Å². The van der Waals surface area contributed by atoms with Gasteiger partial charge in [-0.05, 0) is 18.2 Å². The fraction of sp³-hybridized carbons (Fsp3) is 0.167. The van der Waals surface area contributed by atoms with Crippen molar-refractivity contribution >= 4 is 27.0 Å². The van der Waals surface area contributed by atoms with Crippen molar-refractivity contribution in [2.24, 2.45) is 5.73 Å². The van der Waals surface area contributed by atoms with Gasteiger partial charge in [0.15, 0.2) is 0 Å². The summed E-state index contributed by atoms with van der Waals surface area (Å²) in [4.78, 5) is 1.05. The normalized spacial score (nSPS) is 11.3. The molecule has 0 saturated heterocycles. The second kappa shape index (κ2) is 5.60. The van der Waals surface area contributed by atoms with E-state index in [9.17, 15) is 8.42 Å². The number of benzene rings is 1. The van der Waals surface area contributed by atoms with Crippen LogP contribution in [-0.4, -0.2) is 15.5 Å². The minimum absolute atomic E-state index is 0.223. The van der Waals surface area contributed by atoms with Crippen molar-refractivity contribution in [3.63, 3.8) is 0 Å². The van der Waals surface area contributed by atoms with Gasteiger partial charge >= 0.3 is 0 Å². The molecule has 5 nitrogen and oxygen atoms in total. The van der Waals surface area contributed by atoms with Gasteiger partial charge in [-0.1, -0.05) is 6.07 Å². The van der Waals surface area contributed by atoms with E-state index >= 15 is 0 Å². The average Bonchev–Trinajstić information content (AvgIpc) is 2.88. The van der Waals surface area contributed by atoms with Crippen LogP contribution in [0.25, 0.3) is 0 Å². The summed E-state index contributed by atoms with van der Waals surface area (Å²) in [5.74, 6) is 0.591. The molecule has 0 aliphatic heterocycles. The number of rotatable bonds is 5. The fourth-order valence-corrected chi connectivity index (χ4v) is 3.71. The van der Waals surface area contributed by atoms with E-state index in [4.69, 9.17) is 10.5 Å². The molecule has 0 atom stereocenters. The third-order valence-corrected chi connectivity index (χ3v) is 4.93. The molecule has 2 aromatic rings. The molecule has 0 aliphatic carbocycles. The van der Waals surface area contributed by atoms with Gasteiger partial charge in [-0.25, -0.2) is 8.42 Å². The van der Waals surface area contributed by atoms with Crippen molar-refractivity contribution in [1.29, 1.82) is 0 Å². The van der Waals surface area contributed by atoms with Crippen molar-refractivity contribution in [2.45, 2.75) is 11.4 Å². The van der Waals surface area contributed by atoms with Crippen molar-refractivity contribution in [3.05, 3.63) is 40.6 Å². The Morgan fingerprint density at radius 2 is 2.16 bits per heavy atom. The molecular weight excluding hydrogens is 284 g/mol. The Labute approximate surface area is 116 Å². The van der Waals surface area contributed by atoms with Gasteiger partial charge in [0.2, 0.25) is 0 Å². The Morgan fingerprint density at radius 3 is 2.79 bits per heavy atom. The number of nitrogens with two attached hydrogens (primary N) is 1. The number of anilines is 1. The van der Waals surface area contributed by atoms with Crippen LogP contribution in [-0.2, 0) is 16.6 Å². The Hall–Kier alpha value is -1.57. The van der Waals surface area contributed by atoms with Crippen molar-refractivity contribution in [1.82, 2.24) is 0 Å². The highest BCUT2D eigenvalue weighted by atomic mass is 32.2. The van der Waals surface area contributed by atoms with E-state index in [1.165, 1.54) is 18.4 Å². The molecule has 0 fully saturated rings. The van der Waals surface area contributed by atoms with Gasteiger partial charge in [-0.3, -0.25) is 4.72 Å². The molecule has 7 heteroatoms. The number of nitrogens with one attached hydrogen (secondary N) is 1. The maximum absolute atomic E-state index is 12.1. The van der Waals surface area contributed by atoms with E-state index in [-0.39, 0.29) is 4.90 Å². The molecule has 3 N–H and O–H groups in total. The summed E-state index contributed by atoms with van der Waals surface area (Å²) in [6.07, 6.45) is 0. The van der Waals surface area contributed by atoms with Crippen LogP contribution >= 0.6 is 11.3 Å². The fourth-order valence-electron chi connectivity index (χ4n) is 1.51. The summed E-state index contributed by atoms with van der Waals surface area (Å²) in [7, 11) is -2.05. The molecule has 0 radical (unpaired) electrons. The first-order valence-corrected chi connectivity index (χ1v) is 7.86. The number of ether oxygens (including phenoxy) is 1. The summed E-state index contributed by atoms with van der Waals surface area (Å²) < 4.78 is 31.8. The van der Waals surface area contributed by atoms with E-state index in [1.807, 2.05) is 0 Å². The minimum atomic E-state index is -3.58. The molecule has 0 amide bonds. The van der Waals surface area contributed by atoms with Gasteiger partial charge in [0.1, 0.15) is 5.75 Å². The molecule has 0 bridgehead atoms. The highest BCUT2D eigenvalue weighted by Crippen LogP contribution is 2.23. The second-order valence-corrected chi connectivity index (χ2v) is 6.47. The number of methoxy groups -OCH3 is 1. The first-order chi connectivity index (χ1) is 9.05. The van der Waals surface area contributed by atoms with Crippen LogP contribution in [0.2, 0.25) is 0 Å². The van der Waals surface area contributed by atoms with E-state index < -0.39 is 10.0 Å². The van der Waals surface area contributed by atoms with Crippen LogP contribution in [0.15, 0.2) is 40.6 Å². The van der Waals surface area contributed by atoms with E-state index in [0.29, 0.717) is 18.0 Å². The summed E-state index contributed by atoms with van der Waals surface area (Å²) in [6.45, 7) is 0.333. The van der Waals surface area contributed by atoms with Crippen molar-refractivity contribution in [2.75, 3.05) is 11.8 Å². The zero-order chi connectivity index (χ0) is 13.9. The lowest BCUT2D eigenvalue weighted by molar-refractivity contribution is 0.415. The largest absolute Gasteiger partial charge is 0.497 e. The third-order valence-electron chi connectivity index (χ3n) is 2.46. The predicted octanol–water partition coefficient (Wildman–Crippen LogP) is 2.02. The smallest absolute Gasteiger partial charge is 0.262 e. The summed E-state index contributed by atoms with van der Waals surface area (Å²) >= 11 is 1.33. The summed E-state index contributed by atoms with van der Waals surface area (Å²) in [5.41, 5.74) is 5.93. The second-order valence-electron chi connectivity index (χ2n) is 3.79. The Bertz CT molecular complexity index is 665. The highest BCUT2D eigenvalue weighted by molar-refractivity contribution is 7.92. The standard InChI is InChI=1S/C12H14N2O3S2/c1-17-10-4-2-3-9(5-10)14-19(15,16)12-6-11(7-13)18-8-12/h2-6,8,14H,7,13H2,1H3. The molecule has 0 saturated carbocycles. The molecule has 1 heterocycles. The molecule has 1 aromatic carbocycles. The molecule has 1 aromatic heterocycles. The zero-order valence-electron chi connectivity index (χ0n) is 10.3. The van der Waals surface area contributed by atoms with Gasteiger partial charge in [-0.2, -0.15) is 0 Å². The number of thiophene rings is 1. The average molecular weight is 298 g/mol. The predicted molar refractivity (Wildman–Crippen MR) is 76.0 cm³/mol. The summed E-state index contributed by atoms with van der Waals surface area (Å²) in [6, 6.07) is 8.32.